The minimum Gasteiger partial charge on any atom is -0.333 e. The van der Waals surface area contributed by atoms with Crippen molar-refractivity contribution in [1.82, 2.24) is 0 Å². The van der Waals surface area contributed by atoms with E-state index in [1.54, 1.807) is 0 Å². The molecule has 1 aromatic carbocycles. The summed E-state index contributed by atoms with van der Waals surface area (Å²) in [6.07, 6.45) is 0. The van der Waals surface area contributed by atoms with Crippen molar-refractivity contribution in [2.75, 3.05) is 7.05 Å². The fourth-order valence-corrected chi connectivity index (χ4v) is 0.663. The molecule has 0 unspecified atom stereocenters. The average molecular weight is 174 g/mol. The van der Waals surface area contributed by atoms with Crippen molar-refractivity contribution in [3.63, 3.8) is 0 Å². The maximum absolute atomic E-state index is 4.50. The Hall–Kier alpha value is -0.530. The van der Waals surface area contributed by atoms with Crippen LogP contribution < -0.4 is 5.73 Å². The summed E-state index contributed by atoms with van der Waals surface area (Å²) in [4.78, 5) is 0. The molecule has 1 nitrogen and oxygen atoms in total. The van der Waals surface area contributed by atoms with Gasteiger partial charge < -0.3 is 5.73 Å². The van der Waals surface area contributed by atoms with Crippen molar-refractivity contribution in [3.8, 4) is 0 Å². The van der Waals surface area contributed by atoms with E-state index in [0.717, 1.165) is 0 Å². The van der Waals surface area contributed by atoms with Crippen molar-refractivity contribution in [2.24, 2.45) is 5.73 Å². The molecule has 0 heterocycles. The first-order chi connectivity index (χ1) is 4.80. The quantitative estimate of drug-likeness (QED) is 0.640. The van der Waals surface area contributed by atoms with Crippen LogP contribution in [0.4, 0.5) is 0 Å². The highest BCUT2D eigenvalue weighted by Gasteiger charge is 1.83. The molecule has 64 valence electrons. The van der Waals surface area contributed by atoms with Gasteiger partial charge in [-0.25, -0.2) is 0 Å². The standard InChI is InChI=1S/C8H10.CH5N.ClH/c1-7-5-3-4-6-8(7)2;1-2;/h3-6H,1-2H3;2H2,1H3;1H. The molecule has 0 radical (unpaired) electrons. The lowest BCUT2D eigenvalue weighted by Crippen LogP contribution is -1.74. The predicted molar refractivity (Wildman–Crippen MR) is 53.3 cm³/mol. The molecule has 0 atom stereocenters. The van der Waals surface area contributed by atoms with Gasteiger partial charge in [-0.1, -0.05) is 24.3 Å². The number of hydrogen-bond acceptors (Lipinski definition) is 1. The van der Waals surface area contributed by atoms with E-state index in [0.29, 0.717) is 0 Å². The number of hydrogen-bond donors (Lipinski definition) is 1. The second-order valence-corrected chi connectivity index (χ2v) is 2.08. The highest BCUT2D eigenvalue weighted by molar-refractivity contribution is 5.85. The third kappa shape index (κ3) is 4.82. The summed E-state index contributed by atoms with van der Waals surface area (Å²) in [5, 5.41) is 0. The first kappa shape index (κ1) is 13.1. The van der Waals surface area contributed by atoms with E-state index in [9.17, 15) is 0 Å². The van der Waals surface area contributed by atoms with E-state index in [1.807, 2.05) is 0 Å². The summed E-state index contributed by atoms with van der Waals surface area (Å²) in [5.74, 6) is 0. The van der Waals surface area contributed by atoms with Crippen molar-refractivity contribution >= 4 is 12.4 Å². The van der Waals surface area contributed by atoms with Gasteiger partial charge in [0.1, 0.15) is 0 Å². The van der Waals surface area contributed by atoms with Crippen LogP contribution in [0.1, 0.15) is 11.1 Å². The summed E-state index contributed by atoms with van der Waals surface area (Å²) in [7, 11) is 1.50. The molecule has 1 rings (SSSR count). The van der Waals surface area contributed by atoms with Crippen LogP contribution in [0.3, 0.4) is 0 Å². The van der Waals surface area contributed by atoms with Crippen LogP contribution in [-0.4, -0.2) is 7.05 Å². The molecule has 2 N–H and O–H groups in total. The normalized spacial score (nSPS) is 7.27. The Labute approximate surface area is 75.0 Å². The van der Waals surface area contributed by atoms with Gasteiger partial charge in [-0.15, -0.1) is 12.4 Å². The SMILES string of the molecule is CN.Cc1ccccc1C.Cl. The second-order valence-electron chi connectivity index (χ2n) is 2.08. The van der Waals surface area contributed by atoms with Gasteiger partial charge in [0, 0.05) is 0 Å². The van der Waals surface area contributed by atoms with Crippen molar-refractivity contribution in [1.29, 1.82) is 0 Å². The molecule has 0 spiro atoms. The molecule has 0 aliphatic heterocycles. The Morgan fingerprint density at radius 3 is 1.36 bits per heavy atom. The van der Waals surface area contributed by atoms with Crippen LogP contribution in [0.5, 0.6) is 0 Å². The first-order valence-corrected chi connectivity index (χ1v) is 3.40. The lowest BCUT2D eigenvalue weighted by Gasteiger charge is -1.93. The molecule has 11 heavy (non-hydrogen) atoms. The Balaban J connectivity index is 0. The number of rotatable bonds is 0. The molecular formula is C9H16ClN. The number of aryl methyl sites for hydroxylation is 2. The van der Waals surface area contributed by atoms with Gasteiger partial charge in [0.2, 0.25) is 0 Å². The summed E-state index contributed by atoms with van der Waals surface area (Å²) in [5.41, 5.74) is 7.24. The fraction of sp³-hybridized carbons (Fsp3) is 0.333. The van der Waals surface area contributed by atoms with E-state index in [4.69, 9.17) is 0 Å². The number of benzene rings is 1. The Bertz CT molecular complexity index is 166. The summed E-state index contributed by atoms with van der Waals surface area (Å²) in [6.45, 7) is 4.24. The Kier molecular flexibility index (Phi) is 9.01. The molecular weight excluding hydrogens is 158 g/mol. The Morgan fingerprint density at radius 2 is 1.18 bits per heavy atom. The molecule has 1 aromatic rings. The molecule has 0 saturated heterocycles. The smallest absolute Gasteiger partial charge is 0.0195 e. The van der Waals surface area contributed by atoms with Crippen molar-refractivity contribution in [3.05, 3.63) is 35.4 Å². The zero-order valence-corrected chi connectivity index (χ0v) is 8.11. The van der Waals surface area contributed by atoms with Gasteiger partial charge >= 0.3 is 0 Å². The third-order valence-corrected chi connectivity index (χ3v) is 1.43. The molecule has 0 amide bonds. The van der Waals surface area contributed by atoms with Crippen molar-refractivity contribution < 1.29 is 0 Å². The van der Waals surface area contributed by atoms with Crippen LogP contribution in [0.25, 0.3) is 0 Å². The van der Waals surface area contributed by atoms with Gasteiger partial charge in [0.05, 0.1) is 0 Å². The molecule has 2 heteroatoms. The van der Waals surface area contributed by atoms with E-state index < -0.39 is 0 Å². The van der Waals surface area contributed by atoms with Gasteiger partial charge in [-0.2, -0.15) is 0 Å². The minimum atomic E-state index is 0. The van der Waals surface area contributed by atoms with E-state index in [-0.39, 0.29) is 12.4 Å². The maximum Gasteiger partial charge on any atom is -0.0195 e. The van der Waals surface area contributed by atoms with Gasteiger partial charge in [0.25, 0.3) is 0 Å². The highest BCUT2D eigenvalue weighted by Crippen LogP contribution is 2.02. The minimum absolute atomic E-state index is 0. The molecule has 0 saturated carbocycles. The van der Waals surface area contributed by atoms with Gasteiger partial charge in [-0.05, 0) is 32.0 Å². The third-order valence-electron chi connectivity index (χ3n) is 1.43. The molecule has 0 aromatic heterocycles. The predicted octanol–water partition coefficient (Wildman–Crippen LogP) is 2.30. The number of nitrogens with two attached hydrogens (primary N) is 1. The summed E-state index contributed by atoms with van der Waals surface area (Å²) < 4.78 is 0. The molecule has 0 fully saturated rings. The lowest BCUT2D eigenvalue weighted by molar-refractivity contribution is 1.34. The van der Waals surface area contributed by atoms with E-state index in [2.05, 4.69) is 43.8 Å². The maximum atomic E-state index is 4.50. The summed E-state index contributed by atoms with van der Waals surface area (Å²) >= 11 is 0. The average Bonchev–Trinajstić information content (AvgIpc) is 2.00. The van der Waals surface area contributed by atoms with Crippen LogP contribution in [-0.2, 0) is 0 Å². The van der Waals surface area contributed by atoms with Crippen LogP contribution >= 0.6 is 12.4 Å². The van der Waals surface area contributed by atoms with Crippen LogP contribution in [0, 0.1) is 13.8 Å². The van der Waals surface area contributed by atoms with E-state index in [1.165, 1.54) is 18.2 Å². The van der Waals surface area contributed by atoms with Gasteiger partial charge in [0.15, 0.2) is 0 Å². The largest absolute Gasteiger partial charge is 0.333 e. The van der Waals surface area contributed by atoms with Gasteiger partial charge in [-0.3, -0.25) is 0 Å². The topological polar surface area (TPSA) is 26.0 Å². The fourth-order valence-electron chi connectivity index (χ4n) is 0.663. The lowest BCUT2D eigenvalue weighted by atomic mass is 10.1. The zero-order chi connectivity index (χ0) is 7.98. The molecule has 0 aliphatic rings. The Morgan fingerprint density at radius 1 is 0.909 bits per heavy atom. The van der Waals surface area contributed by atoms with Crippen molar-refractivity contribution in [2.45, 2.75) is 13.8 Å². The first-order valence-electron chi connectivity index (χ1n) is 3.40. The summed E-state index contributed by atoms with van der Waals surface area (Å²) in [6, 6.07) is 8.36. The van der Waals surface area contributed by atoms with Crippen LogP contribution in [0.15, 0.2) is 24.3 Å². The molecule has 0 aliphatic carbocycles. The van der Waals surface area contributed by atoms with Crippen LogP contribution in [0.2, 0.25) is 0 Å². The monoisotopic (exact) mass is 173 g/mol. The number of halogens is 1. The van der Waals surface area contributed by atoms with E-state index >= 15 is 0 Å². The highest BCUT2D eigenvalue weighted by atomic mass is 35.5. The molecule has 0 bridgehead atoms. The second kappa shape index (κ2) is 7.58. The zero-order valence-electron chi connectivity index (χ0n) is 7.29.